The molecule has 0 aliphatic carbocycles. The molecule has 33 heavy (non-hydrogen) atoms. The minimum Gasteiger partial charge on any atom is -0.486 e. The molecule has 0 unspecified atom stereocenters. The molecule has 0 aromatic heterocycles. The molecule has 1 aliphatic heterocycles. The van der Waals surface area contributed by atoms with E-state index in [4.69, 9.17) is 14.2 Å². The average molecular weight is 472 g/mol. The van der Waals surface area contributed by atoms with E-state index in [1.54, 1.807) is 42.5 Å². The van der Waals surface area contributed by atoms with Gasteiger partial charge in [0.05, 0.1) is 10.6 Å². The Morgan fingerprint density at radius 2 is 1.67 bits per heavy atom. The zero-order chi connectivity index (χ0) is 23.4. The second-order valence-corrected chi connectivity index (χ2v) is 9.08. The van der Waals surface area contributed by atoms with Crippen LogP contribution >= 0.6 is 0 Å². The van der Waals surface area contributed by atoms with Crippen LogP contribution in [0.5, 0.6) is 17.2 Å². The minimum atomic E-state index is -3.85. The van der Waals surface area contributed by atoms with Crippen LogP contribution in [0.1, 0.15) is 0 Å². The number of hydrogen-bond acceptors (Lipinski definition) is 6. The highest BCUT2D eigenvalue weighted by Crippen LogP contribution is 2.32. The van der Waals surface area contributed by atoms with Gasteiger partial charge in [-0.1, -0.05) is 0 Å². The van der Waals surface area contributed by atoms with Gasteiger partial charge in [0.1, 0.15) is 24.8 Å². The van der Waals surface area contributed by atoms with Gasteiger partial charge < -0.3 is 19.5 Å². The molecular weight excluding hydrogens is 451 g/mol. The summed E-state index contributed by atoms with van der Waals surface area (Å²) in [5.41, 5.74) is 0.934. The van der Waals surface area contributed by atoms with E-state index in [-0.39, 0.29) is 17.4 Å². The van der Waals surface area contributed by atoms with Gasteiger partial charge in [0, 0.05) is 18.8 Å². The zero-order valence-electron chi connectivity index (χ0n) is 17.7. The van der Waals surface area contributed by atoms with Crippen LogP contribution in [-0.4, -0.2) is 41.2 Å². The lowest BCUT2D eigenvalue weighted by atomic mass is 10.2. The molecule has 1 aliphatic rings. The van der Waals surface area contributed by atoms with Crippen LogP contribution in [0.4, 0.5) is 15.8 Å². The second-order valence-electron chi connectivity index (χ2n) is 7.12. The number of anilines is 2. The van der Waals surface area contributed by atoms with E-state index in [1.165, 1.54) is 19.2 Å². The molecule has 0 saturated heterocycles. The van der Waals surface area contributed by atoms with E-state index in [9.17, 15) is 17.6 Å². The predicted octanol–water partition coefficient (Wildman–Crippen LogP) is 3.44. The van der Waals surface area contributed by atoms with Crippen molar-refractivity contribution in [2.45, 2.75) is 4.90 Å². The van der Waals surface area contributed by atoms with Crippen LogP contribution in [-0.2, 0) is 14.8 Å². The number of sulfonamides is 1. The lowest BCUT2D eigenvalue weighted by molar-refractivity contribution is -0.118. The van der Waals surface area contributed by atoms with Crippen molar-refractivity contribution in [1.82, 2.24) is 0 Å². The Bertz CT molecular complexity index is 1250. The monoisotopic (exact) mass is 472 g/mol. The average Bonchev–Trinajstić information content (AvgIpc) is 2.83. The largest absolute Gasteiger partial charge is 0.486 e. The van der Waals surface area contributed by atoms with Crippen LogP contribution in [0.2, 0.25) is 0 Å². The normalized spacial score (nSPS) is 12.7. The first-order valence-corrected chi connectivity index (χ1v) is 11.4. The first-order chi connectivity index (χ1) is 15.8. The standard InChI is InChI=1S/C23H21FN2O6S/c1-26(33(28,29)20-9-2-16(24)3-10-20)18-5-7-19(8-6-18)32-15-23(27)25-17-4-11-21-22(14-17)31-13-12-30-21/h2-11,14H,12-13,15H2,1H3,(H,25,27). The molecule has 1 heterocycles. The molecule has 8 nitrogen and oxygen atoms in total. The number of nitrogens with zero attached hydrogens (tertiary/aromatic N) is 1. The van der Waals surface area contributed by atoms with Crippen LogP contribution in [0, 0.1) is 5.82 Å². The molecule has 1 N–H and O–H groups in total. The number of halogens is 1. The summed E-state index contributed by atoms with van der Waals surface area (Å²) in [6, 6.07) is 15.9. The van der Waals surface area contributed by atoms with Crippen molar-refractivity contribution in [3.05, 3.63) is 72.5 Å². The molecule has 3 aromatic carbocycles. The Balaban J connectivity index is 1.34. The van der Waals surface area contributed by atoms with Gasteiger partial charge >= 0.3 is 0 Å². The van der Waals surface area contributed by atoms with Gasteiger partial charge in [0.2, 0.25) is 0 Å². The highest BCUT2D eigenvalue weighted by atomic mass is 32.2. The number of amides is 1. The lowest BCUT2D eigenvalue weighted by Crippen LogP contribution is -2.26. The summed E-state index contributed by atoms with van der Waals surface area (Å²) in [6.45, 7) is 0.695. The summed E-state index contributed by atoms with van der Waals surface area (Å²) in [7, 11) is -2.45. The Morgan fingerprint density at radius 1 is 1.00 bits per heavy atom. The first-order valence-electron chi connectivity index (χ1n) is 10.00. The SMILES string of the molecule is CN(c1ccc(OCC(=O)Nc2ccc3c(c2)OCCO3)cc1)S(=O)(=O)c1ccc(F)cc1. The molecule has 0 bridgehead atoms. The minimum absolute atomic E-state index is 0.0254. The summed E-state index contributed by atoms with van der Waals surface area (Å²) < 4.78 is 56.0. The van der Waals surface area contributed by atoms with Crippen LogP contribution in [0.15, 0.2) is 71.6 Å². The third kappa shape index (κ3) is 5.17. The fraction of sp³-hybridized carbons (Fsp3) is 0.174. The highest BCUT2D eigenvalue weighted by Gasteiger charge is 2.21. The maximum atomic E-state index is 13.1. The first kappa shape index (κ1) is 22.4. The number of ether oxygens (including phenoxy) is 3. The Labute approximate surface area is 190 Å². The number of carbonyl (C=O) groups is 1. The van der Waals surface area contributed by atoms with Gasteiger partial charge in [-0.2, -0.15) is 0 Å². The third-order valence-electron chi connectivity index (χ3n) is 4.87. The van der Waals surface area contributed by atoms with Crippen molar-refractivity contribution in [2.24, 2.45) is 0 Å². The lowest BCUT2D eigenvalue weighted by Gasteiger charge is -2.20. The maximum Gasteiger partial charge on any atom is 0.264 e. The van der Waals surface area contributed by atoms with E-state index in [1.807, 2.05) is 0 Å². The molecule has 1 amide bonds. The summed E-state index contributed by atoms with van der Waals surface area (Å²) in [5.74, 6) is 0.698. The summed E-state index contributed by atoms with van der Waals surface area (Å²) >= 11 is 0. The van der Waals surface area contributed by atoms with Crippen molar-refractivity contribution >= 4 is 27.3 Å². The number of rotatable bonds is 7. The molecule has 0 saturated carbocycles. The van der Waals surface area contributed by atoms with Gasteiger partial charge in [0.15, 0.2) is 18.1 Å². The number of nitrogens with one attached hydrogen (secondary N) is 1. The Hall–Kier alpha value is -3.79. The van der Waals surface area contributed by atoms with Gasteiger partial charge in [-0.05, 0) is 60.7 Å². The molecule has 3 aromatic rings. The maximum absolute atomic E-state index is 13.1. The predicted molar refractivity (Wildman–Crippen MR) is 120 cm³/mol. The number of benzene rings is 3. The Kier molecular flexibility index (Phi) is 6.36. The van der Waals surface area contributed by atoms with E-state index >= 15 is 0 Å². The van der Waals surface area contributed by atoms with Gasteiger partial charge in [-0.25, -0.2) is 12.8 Å². The quantitative estimate of drug-likeness (QED) is 0.566. The van der Waals surface area contributed by atoms with Crippen LogP contribution in [0.3, 0.4) is 0 Å². The van der Waals surface area contributed by atoms with E-state index in [0.717, 1.165) is 16.4 Å². The van der Waals surface area contributed by atoms with Gasteiger partial charge in [-0.15, -0.1) is 0 Å². The van der Waals surface area contributed by atoms with Crippen molar-refractivity contribution < 1.29 is 31.8 Å². The fourth-order valence-electron chi connectivity index (χ4n) is 3.12. The zero-order valence-corrected chi connectivity index (χ0v) is 18.5. The van der Waals surface area contributed by atoms with Crippen molar-refractivity contribution in [3.8, 4) is 17.2 Å². The summed E-state index contributed by atoms with van der Waals surface area (Å²) in [5, 5.41) is 2.72. The number of hydrogen-bond donors (Lipinski definition) is 1. The van der Waals surface area contributed by atoms with Crippen LogP contribution in [0.25, 0.3) is 0 Å². The molecule has 172 valence electrons. The molecule has 0 radical (unpaired) electrons. The summed E-state index contributed by atoms with van der Waals surface area (Å²) in [4.78, 5) is 12.2. The van der Waals surface area contributed by atoms with E-state index in [2.05, 4.69) is 5.32 Å². The van der Waals surface area contributed by atoms with Gasteiger partial charge in [0.25, 0.3) is 15.9 Å². The van der Waals surface area contributed by atoms with Crippen LogP contribution < -0.4 is 23.8 Å². The third-order valence-corrected chi connectivity index (χ3v) is 6.67. The van der Waals surface area contributed by atoms with Gasteiger partial charge in [-0.3, -0.25) is 9.10 Å². The smallest absolute Gasteiger partial charge is 0.264 e. The molecule has 4 rings (SSSR count). The fourth-order valence-corrected chi connectivity index (χ4v) is 4.32. The van der Waals surface area contributed by atoms with Crippen molar-refractivity contribution in [2.75, 3.05) is 36.5 Å². The topological polar surface area (TPSA) is 94.2 Å². The molecule has 10 heteroatoms. The molecule has 0 fully saturated rings. The number of fused-ring (bicyclic) bond motifs is 1. The summed E-state index contributed by atoms with van der Waals surface area (Å²) in [6.07, 6.45) is 0. The van der Waals surface area contributed by atoms with E-state index < -0.39 is 15.8 Å². The Morgan fingerprint density at radius 3 is 2.36 bits per heavy atom. The van der Waals surface area contributed by atoms with E-state index in [0.29, 0.717) is 41.8 Å². The molecule has 0 atom stereocenters. The van der Waals surface area contributed by atoms with Crippen molar-refractivity contribution in [3.63, 3.8) is 0 Å². The second kappa shape index (κ2) is 9.37. The van der Waals surface area contributed by atoms with Crippen molar-refractivity contribution in [1.29, 1.82) is 0 Å². The molecular formula is C23H21FN2O6S. The highest BCUT2D eigenvalue weighted by molar-refractivity contribution is 7.92. The number of carbonyl (C=O) groups excluding carboxylic acids is 1. The molecule has 0 spiro atoms.